The Kier molecular flexibility index (Phi) is 6.34. The molecule has 0 spiro atoms. The lowest BCUT2D eigenvalue weighted by atomic mass is 10.1. The van der Waals surface area contributed by atoms with Crippen molar-refractivity contribution in [1.82, 2.24) is 9.73 Å². The Morgan fingerprint density at radius 1 is 1.13 bits per heavy atom. The van der Waals surface area contributed by atoms with Crippen LogP contribution in [-0.4, -0.2) is 50.7 Å². The lowest BCUT2D eigenvalue weighted by Crippen LogP contribution is -2.36. The number of hydrazone groups is 1. The average Bonchev–Trinajstić information content (AvgIpc) is 2.74. The van der Waals surface area contributed by atoms with Crippen molar-refractivity contribution in [2.45, 2.75) is 4.90 Å². The summed E-state index contributed by atoms with van der Waals surface area (Å²) >= 11 is 0. The highest BCUT2D eigenvalue weighted by molar-refractivity contribution is 7.89. The highest BCUT2D eigenvalue weighted by atomic mass is 32.2. The third-order valence-electron chi connectivity index (χ3n) is 4.44. The summed E-state index contributed by atoms with van der Waals surface area (Å²) in [4.78, 5) is 12.2. The van der Waals surface area contributed by atoms with Gasteiger partial charge in [-0.25, -0.2) is 13.8 Å². The van der Waals surface area contributed by atoms with E-state index in [1.54, 1.807) is 30.3 Å². The van der Waals surface area contributed by atoms with E-state index in [1.165, 1.54) is 26.4 Å². The summed E-state index contributed by atoms with van der Waals surface area (Å²) in [6.07, 6.45) is 1.24. The van der Waals surface area contributed by atoms with E-state index in [9.17, 15) is 18.3 Å². The molecule has 8 nitrogen and oxygen atoms in total. The minimum absolute atomic E-state index is 0.0984. The first kappa shape index (κ1) is 21.3. The molecule has 156 valence electrons. The van der Waals surface area contributed by atoms with Gasteiger partial charge in [0.2, 0.25) is 10.0 Å². The number of likely N-dealkylation sites (N-methyl/N-ethyl adjacent to an activating group) is 1. The van der Waals surface area contributed by atoms with Crippen LogP contribution < -0.4 is 10.2 Å². The number of phenolic OH excluding ortho intramolecular Hbond substituents is 1. The molecule has 0 saturated carbocycles. The van der Waals surface area contributed by atoms with Crippen LogP contribution in [-0.2, 0) is 14.8 Å². The third-order valence-corrected chi connectivity index (χ3v) is 6.24. The number of hydrogen-bond donors (Lipinski definition) is 2. The molecule has 0 aliphatic carbocycles. The molecule has 0 aliphatic heterocycles. The highest BCUT2D eigenvalue weighted by Gasteiger charge is 2.23. The van der Waals surface area contributed by atoms with Crippen molar-refractivity contribution in [3.8, 4) is 11.5 Å². The van der Waals surface area contributed by atoms with Gasteiger partial charge in [0.15, 0.2) is 11.5 Å². The normalized spacial score (nSPS) is 11.8. The molecule has 0 aliphatic rings. The number of hydrogen-bond acceptors (Lipinski definition) is 6. The van der Waals surface area contributed by atoms with Gasteiger partial charge < -0.3 is 9.84 Å². The molecule has 3 aromatic rings. The molecule has 2 N–H and O–H groups in total. The van der Waals surface area contributed by atoms with E-state index in [-0.39, 0.29) is 16.4 Å². The zero-order valence-electron chi connectivity index (χ0n) is 16.4. The SMILES string of the molecule is COc1cccc(/C=N/NC(=O)CN(C)S(=O)(=O)c2ccc3ccccc3c2)c1O. The van der Waals surface area contributed by atoms with E-state index < -0.39 is 22.5 Å². The zero-order valence-corrected chi connectivity index (χ0v) is 17.3. The largest absolute Gasteiger partial charge is 0.504 e. The Morgan fingerprint density at radius 3 is 2.60 bits per heavy atom. The Morgan fingerprint density at radius 2 is 1.87 bits per heavy atom. The summed E-state index contributed by atoms with van der Waals surface area (Å²) < 4.78 is 31.5. The molecule has 0 heterocycles. The second-order valence-corrected chi connectivity index (χ2v) is 8.51. The van der Waals surface area contributed by atoms with Crippen LogP contribution >= 0.6 is 0 Å². The number of amides is 1. The van der Waals surface area contributed by atoms with Crippen molar-refractivity contribution in [3.63, 3.8) is 0 Å². The van der Waals surface area contributed by atoms with E-state index >= 15 is 0 Å². The molecular formula is C21H21N3O5S. The van der Waals surface area contributed by atoms with Crippen molar-refractivity contribution >= 4 is 32.9 Å². The first-order chi connectivity index (χ1) is 14.3. The number of nitrogens with one attached hydrogen (secondary N) is 1. The lowest BCUT2D eigenvalue weighted by molar-refractivity contribution is -0.121. The van der Waals surface area contributed by atoms with E-state index in [2.05, 4.69) is 10.5 Å². The maximum atomic E-state index is 12.8. The fourth-order valence-corrected chi connectivity index (χ4v) is 3.98. The minimum Gasteiger partial charge on any atom is -0.504 e. The van der Waals surface area contributed by atoms with Crippen molar-refractivity contribution in [2.75, 3.05) is 20.7 Å². The fourth-order valence-electron chi connectivity index (χ4n) is 2.81. The number of nitrogens with zero attached hydrogens (tertiary/aromatic N) is 2. The fraction of sp³-hybridized carbons (Fsp3) is 0.143. The number of phenols is 1. The average molecular weight is 427 g/mol. The Balaban J connectivity index is 1.67. The van der Waals surface area contributed by atoms with E-state index in [4.69, 9.17) is 4.74 Å². The van der Waals surface area contributed by atoms with Gasteiger partial charge in [0.05, 0.1) is 24.8 Å². The summed E-state index contributed by atoms with van der Waals surface area (Å²) in [5, 5.41) is 15.5. The maximum Gasteiger partial charge on any atom is 0.255 e. The highest BCUT2D eigenvalue weighted by Crippen LogP contribution is 2.28. The number of para-hydroxylation sites is 1. The third kappa shape index (κ3) is 4.58. The van der Waals surface area contributed by atoms with Gasteiger partial charge >= 0.3 is 0 Å². The summed E-state index contributed by atoms with van der Waals surface area (Å²) in [6.45, 7) is -0.420. The summed E-state index contributed by atoms with van der Waals surface area (Å²) in [6, 6.07) is 17.0. The van der Waals surface area contributed by atoms with Gasteiger partial charge in [-0.3, -0.25) is 4.79 Å². The van der Waals surface area contributed by atoms with Crippen LogP contribution in [0.3, 0.4) is 0 Å². The zero-order chi connectivity index (χ0) is 21.7. The standard InChI is InChI=1S/C21H21N3O5S/c1-24(30(27,28)18-11-10-15-6-3-4-7-16(15)12-18)14-20(25)23-22-13-17-8-5-9-19(29-2)21(17)26/h3-13,26H,14H2,1-2H3,(H,23,25)/b22-13+. The van der Waals surface area contributed by atoms with Crippen LogP contribution in [0.4, 0.5) is 0 Å². The molecule has 0 fully saturated rings. The first-order valence-corrected chi connectivity index (χ1v) is 10.4. The van der Waals surface area contributed by atoms with Gasteiger partial charge in [-0.15, -0.1) is 0 Å². The van der Waals surface area contributed by atoms with Crippen LogP contribution in [0.5, 0.6) is 11.5 Å². The summed E-state index contributed by atoms with van der Waals surface area (Å²) in [5.74, 6) is -0.471. The molecule has 0 radical (unpaired) electrons. The molecular weight excluding hydrogens is 406 g/mol. The number of carbonyl (C=O) groups is 1. The van der Waals surface area contributed by atoms with Crippen LogP contribution in [0.25, 0.3) is 10.8 Å². The monoisotopic (exact) mass is 427 g/mol. The van der Waals surface area contributed by atoms with Gasteiger partial charge in [-0.2, -0.15) is 9.41 Å². The molecule has 0 atom stereocenters. The summed E-state index contributed by atoms with van der Waals surface area (Å²) in [7, 11) is -1.11. The second kappa shape index (κ2) is 8.93. The van der Waals surface area contributed by atoms with Gasteiger partial charge in [-0.1, -0.05) is 36.4 Å². The molecule has 3 rings (SSSR count). The summed E-state index contributed by atoms with van der Waals surface area (Å²) in [5.41, 5.74) is 2.59. The van der Waals surface area contributed by atoms with Gasteiger partial charge in [0, 0.05) is 12.6 Å². The quantitative estimate of drug-likeness (QED) is 0.444. The lowest BCUT2D eigenvalue weighted by Gasteiger charge is -2.16. The molecule has 0 bridgehead atoms. The van der Waals surface area contributed by atoms with Crippen molar-refractivity contribution in [1.29, 1.82) is 0 Å². The van der Waals surface area contributed by atoms with Crippen LogP contribution in [0, 0.1) is 0 Å². The van der Waals surface area contributed by atoms with Crippen LogP contribution in [0.15, 0.2) is 70.7 Å². The smallest absolute Gasteiger partial charge is 0.255 e. The number of rotatable bonds is 7. The first-order valence-electron chi connectivity index (χ1n) is 8.96. The van der Waals surface area contributed by atoms with Gasteiger partial charge in [0.1, 0.15) is 0 Å². The molecule has 3 aromatic carbocycles. The number of methoxy groups -OCH3 is 1. The Labute approximate surface area is 174 Å². The molecule has 0 unspecified atom stereocenters. The predicted octanol–water partition coefficient (Wildman–Crippen LogP) is 2.32. The predicted molar refractivity (Wildman–Crippen MR) is 114 cm³/mol. The molecule has 30 heavy (non-hydrogen) atoms. The molecule has 0 aromatic heterocycles. The van der Waals surface area contributed by atoms with Gasteiger partial charge in [0.25, 0.3) is 5.91 Å². The number of ether oxygens (including phenoxy) is 1. The topological polar surface area (TPSA) is 108 Å². The molecule has 1 amide bonds. The number of benzene rings is 3. The number of carbonyl (C=O) groups excluding carboxylic acids is 1. The van der Waals surface area contributed by atoms with Crippen molar-refractivity contribution < 1.29 is 23.1 Å². The Bertz CT molecular complexity index is 1210. The Hall–Kier alpha value is -3.43. The van der Waals surface area contributed by atoms with E-state index in [0.29, 0.717) is 5.56 Å². The maximum absolute atomic E-state index is 12.8. The second-order valence-electron chi connectivity index (χ2n) is 6.46. The minimum atomic E-state index is -3.85. The van der Waals surface area contributed by atoms with E-state index in [1.807, 2.05) is 24.3 Å². The van der Waals surface area contributed by atoms with Crippen LogP contribution in [0.2, 0.25) is 0 Å². The number of fused-ring (bicyclic) bond motifs is 1. The van der Waals surface area contributed by atoms with Crippen LogP contribution in [0.1, 0.15) is 5.56 Å². The number of sulfonamides is 1. The van der Waals surface area contributed by atoms with Crippen molar-refractivity contribution in [3.05, 3.63) is 66.2 Å². The number of aromatic hydroxyl groups is 1. The van der Waals surface area contributed by atoms with E-state index in [0.717, 1.165) is 15.1 Å². The van der Waals surface area contributed by atoms with Gasteiger partial charge in [-0.05, 0) is 35.0 Å². The van der Waals surface area contributed by atoms with Crippen molar-refractivity contribution in [2.24, 2.45) is 5.10 Å². The molecule has 0 saturated heterocycles. The molecule has 9 heteroatoms.